The van der Waals surface area contributed by atoms with Gasteiger partial charge in [-0.15, -0.1) is 11.3 Å². The van der Waals surface area contributed by atoms with Crippen molar-refractivity contribution in [2.45, 2.75) is 11.8 Å². The number of nitrogens with zero attached hydrogens (tertiary/aromatic N) is 2. The van der Waals surface area contributed by atoms with E-state index in [0.717, 1.165) is 4.88 Å². The Morgan fingerprint density at radius 1 is 1.24 bits per heavy atom. The second-order valence-electron chi connectivity index (χ2n) is 6.03. The highest BCUT2D eigenvalue weighted by Gasteiger charge is 2.27. The van der Waals surface area contributed by atoms with Crippen LogP contribution < -0.4 is 10.7 Å². The fourth-order valence-electron chi connectivity index (χ4n) is 2.55. The summed E-state index contributed by atoms with van der Waals surface area (Å²) < 4.78 is 32.9. The third-order valence-corrected chi connectivity index (χ3v) is 7.81. The number of sulfonamides is 1. The smallest absolute Gasteiger partial charge is 0.243 e. The molecule has 156 valence electrons. The van der Waals surface area contributed by atoms with Crippen molar-refractivity contribution in [2.24, 2.45) is 5.10 Å². The van der Waals surface area contributed by atoms with Crippen LogP contribution in [0.5, 0.6) is 0 Å². The first-order valence-corrected chi connectivity index (χ1v) is 11.9. The van der Waals surface area contributed by atoms with Gasteiger partial charge in [-0.1, -0.05) is 23.2 Å². The van der Waals surface area contributed by atoms with Gasteiger partial charge in [-0.3, -0.25) is 5.43 Å². The van der Waals surface area contributed by atoms with Crippen molar-refractivity contribution in [1.82, 2.24) is 9.73 Å². The number of halogens is 2. The summed E-state index contributed by atoms with van der Waals surface area (Å²) >= 11 is 18.8. The molecule has 0 spiro atoms. The summed E-state index contributed by atoms with van der Waals surface area (Å²) in [7, 11) is -3.64. The van der Waals surface area contributed by atoms with E-state index >= 15 is 0 Å². The van der Waals surface area contributed by atoms with E-state index < -0.39 is 10.0 Å². The Balaban J connectivity index is 1.72. The Morgan fingerprint density at radius 2 is 1.97 bits per heavy atom. The highest BCUT2D eigenvalue weighted by Crippen LogP contribution is 2.27. The fraction of sp³-hybridized carbons (Fsp3) is 0.294. The summed E-state index contributed by atoms with van der Waals surface area (Å²) in [5, 5.41) is 7.61. The number of hydrazone groups is 1. The van der Waals surface area contributed by atoms with E-state index in [9.17, 15) is 8.42 Å². The SMILES string of the molecule is CC(=NNC(=S)Nc1cc(S(=O)(=O)N2CCOCC2)ccc1Cl)c1ccc(Cl)s1. The molecule has 1 aliphatic heterocycles. The molecule has 0 atom stereocenters. The minimum absolute atomic E-state index is 0.127. The molecule has 1 saturated heterocycles. The van der Waals surface area contributed by atoms with E-state index in [0.29, 0.717) is 47.1 Å². The topological polar surface area (TPSA) is 83.0 Å². The molecule has 0 bridgehead atoms. The summed E-state index contributed by atoms with van der Waals surface area (Å²) in [5.41, 5.74) is 3.80. The lowest BCUT2D eigenvalue weighted by Crippen LogP contribution is -2.40. The molecule has 1 aromatic heterocycles. The molecular weight excluding hydrogens is 475 g/mol. The lowest BCUT2D eigenvalue weighted by atomic mass is 10.3. The van der Waals surface area contributed by atoms with Gasteiger partial charge in [-0.2, -0.15) is 9.41 Å². The van der Waals surface area contributed by atoms with Crippen LogP contribution in [0.4, 0.5) is 5.69 Å². The van der Waals surface area contributed by atoms with Crippen LogP contribution in [0.3, 0.4) is 0 Å². The van der Waals surface area contributed by atoms with Crippen molar-refractivity contribution in [1.29, 1.82) is 0 Å². The van der Waals surface area contributed by atoms with Gasteiger partial charge in [-0.05, 0) is 49.5 Å². The lowest BCUT2D eigenvalue weighted by molar-refractivity contribution is 0.0730. The van der Waals surface area contributed by atoms with Crippen molar-refractivity contribution < 1.29 is 13.2 Å². The van der Waals surface area contributed by atoms with Crippen molar-refractivity contribution in [3.63, 3.8) is 0 Å². The van der Waals surface area contributed by atoms with Crippen LogP contribution in [0.2, 0.25) is 9.36 Å². The fourth-order valence-corrected chi connectivity index (χ4v) is 5.29. The van der Waals surface area contributed by atoms with Crippen LogP contribution in [0.25, 0.3) is 0 Å². The Morgan fingerprint density at radius 3 is 2.62 bits per heavy atom. The number of nitrogens with one attached hydrogen (secondary N) is 2. The molecule has 7 nitrogen and oxygen atoms in total. The molecule has 12 heteroatoms. The molecule has 29 heavy (non-hydrogen) atoms. The summed E-state index contributed by atoms with van der Waals surface area (Å²) in [5.74, 6) is 0. The molecule has 2 aromatic rings. The molecule has 0 unspecified atom stereocenters. The van der Waals surface area contributed by atoms with Gasteiger partial charge >= 0.3 is 0 Å². The van der Waals surface area contributed by atoms with E-state index in [4.69, 9.17) is 40.2 Å². The molecule has 0 aliphatic carbocycles. The molecule has 0 amide bonds. The number of anilines is 1. The third kappa shape index (κ3) is 5.66. The predicted molar refractivity (Wildman–Crippen MR) is 122 cm³/mol. The zero-order chi connectivity index (χ0) is 21.0. The predicted octanol–water partition coefficient (Wildman–Crippen LogP) is 3.79. The average Bonchev–Trinajstić information content (AvgIpc) is 3.15. The number of thiocarbonyl (C=S) groups is 1. The molecule has 1 fully saturated rings. The maximum atomic E-state index is 12.8. The first-order chi connectivity index (χ1) is 13.8. The molecule has 1 aromatic carbocycles. The second-order valence-corrected chi connectivity index (χ2v) is 10.5. The van der Waals surface area contributed by atoms with Crippen molar-refractivity contribution >= 4 is 73.3 Å². The highest BCUT2D eigenvalue weighted by molar-refractivity contribution is 7.89. The van der Waals surface area contributed by atoms with Crippen LogP contribution in [0.1, 0.15) is 11.8 Å². The van der Waals surface area contributed by atoms with Crippen LogP contribution in [-0.2, 0) is 14.8 Å². The van der Waals surface area contributed by atoms with Crippen molar-refractivity contribution in [3.8, 4) is 0 Å². The van der Waals surface area contributed by atoms with Crippen LogP contribution in [-0.4, -0.2) is 49.9 Å². The third-order valence-electron chi connectivity index (χ3n) is 4.05. The molecule has 1 aliphatic rings. The normalized spacial score (nSPS) is 15.9. The van der Waals surface area contributed by atoms with Gasteiger partial charge < -0.3 is 10.1 Å². The number of hydrogen-bond acceptors (Lipinski definition) is 6. The number of ether oxygens (including phenoxy) is 1. The van der Waals surface area contributed by atoms with Crippen molar-refractivity contribution in [2.75, 3.05) is 31.6 Å². The molecule has 0 radical (unpaired) electrons. The summed E-state index contributed by atoms with van der Waals surface area (Å²) in [4.78, 5) is 1.03. The molecular formula is C17H18Cl2N4O3S3. The van der Waals surface area contributed by atoms with E-state index in [-0.39, 0.29) is 10.0 Å². The van der Waals surface area contributed by atoms with Crippen LogP contribution >= 0.6 is 46.8 Å². The average molecular weight is 493 g/mol. The molecule has 2 heterocycles. The van der Waals surface area contributed by atoms with Gasteiger partial charge in [0.1, 0.15) is 0 Å². The minimum Gasteiger partial charge on any atom is -0.379 e. The van der Waals surface area contributed by atoms with E-state index in [1.807, 2.05) is 13.0 Å². The Bertz CT molecular complexity index is 1030. The number of rotatable bonds is 5. The summed E-state index contributed by atoms with van der Waals surface area (Å²) in [6.45, 7) is 3.20. The van der Waals surface area contributed by atoms with E-state index in [1.165, 1.54) is 33.8 Å². The first-order valence-electron chi connectivity index (χ1n) is 8.52. The molecule has 0 saturated carbocycles. The highest BCUT2D eigenvalue weighted by atomic mass is 35.5. The minimum atomic E-state index is -3.64. The molecule has 2 N–H and O–H groups in total. The zero-order valence-electron chi connectivity index (χ0n) is 15.3. The van der Waals surface area contributed by atoms with Gasteiger partial charge in [0.05, 0.1) is 43.7 Å². The van der Waals surface area contributed by atoms with Gasteiger partial charge in [0, 0.05) is 13.1 Å². The summed E-state index contributed by atoms with van der Waals surface area (Å²) in [6, 6.07) is 8.09. The van der Waals surface area contributed by atoms with Crippen LogP contribution in [0, 0.1) is 0 Å². The van der Waals surface area contributed by atoms with Gasteiger partial charge in [0.15, 0.2) is 5.11 Å². The zero-order valence-corrected chi connectivity index (χ0v) is 19.3. The maximum absolute atomic E-state index is 12.8. The van der Waals surface area contributed by atoms with Gasteiger partial charge in [0.25, 0.3) is 0 Å². The Kier molecular flexibility index (Phi) is 7.49. The van der Waals surface area contributed by atoms with Crippen LogP contribution in [0.15, 0.2) is 40.3 Å². The van der Waals surface area contributed by atoms with E-state index in [1.54, 1.807) is 6.07 Å². The standard InChI is InChI=1S/C17H18Cl2N4O3S3/c1-11(15-4-5-16(19)28-15)21-22-17(27)20-14-10-12(2-3-13(14)18)29(24,25)23-6-8-26-9-7-23/h2-5,10H,6-9H2,1H3,(H2,20,22,27). The first kappa shape index (κ1) is 22.4. The number of thiophene rings is 1. The second kappa shape index (κ2) is 9.69. The molecule has 3 rings (SSSR count). The monoisotopic (exact) mass is 492 g/mol. The number of benzene rings is 1. The number of morpholine rings is 1. The Hall–Kier alpha value is -1.27. The van der Waals surface area contributed by atoms with Gasteiger partial charge in [-0.25, -0.2) is 8.42 Å². The Labute approximate surface area is 188 Å². The largest absolute Gasteiger partial charge is 0.379 e. The van der Waals surface area contributed by atoms with Gasteiger partial charge in [0.2, 0.25) is 10.0 Å². The van der Waals surface area contributed by atoms with E-state index in [2.05, 4.69) is 15.8 Å². The lowest BCUT2D eigenvalue weighted by Gasteiger charge is -2.26. The van der Waals surface area contributed by atoms with Crippen molar-refractivity contribution in [3.05, 3.63) is 44.6 Å². The maximum Gasteiger partial charge on any atom is 0.243 e. The quantitative estimate of drug-likeness (QED) is 0.375. The number of hydrogen-bond donors (Lipinski definition) is 2. The summed E-state index contributed by atoms with van der Waals surface area (Å²) in [6.07, 6.45) is 0.